The van der Waals surface area contributed by atoms with Gasteiger partial charge in [-0.2, -0.15) is 0 Å². The van der Waals surface area contributed by atoms with E-state index >= 15 is 0 Å². The van der Waals surface area contributed by atoms with Gasteiger partial charge in [0.2, 0.25) is 17.7 Å². The minimum absolute atomic E-state index is 0.00113. The Labute approximate surface area is 245 Å². The fourth-order valence-electron chi connectivity index (χ4n) is 7.17. The van der Waals surface area contributed by atoms with Gasteiger partial charge in [0.25, 0.3) is 0 Å². The number of piperidine rings is 1. The largest absolute Gasteiger partial charge is 0.381 e. The van der Waals surface area contributed by atoms with Crippen LogP contribution < -0.4 is 10.6 Å². The molecule has 1 aliphatic carbocycles. The van der Waals surface area contributed by atoms with E-state index in [0.29, 0.717) is 51.5 Å². The second-order valence-corrected chi connectivity index (χ2v) is 12.7. The summed E-state index contributed by atoms with van der Waals surface area (Å²) in [4.78, 5) is 45.0. The van der Waals surface area contributed by atoms with E-state index in [2.05, 4.69) is 27.7 Å². The molecule has 0 radical (unpaired) electrons. The van der Waals surface area contributed by atoms with Crippen molar-refractivity contribution in [1.29, 1.82) is 0 Å². The second-order valence-electron chi connectivity index (χ2n) is 12.7. The van der Waals surface area contributed by atoms with Crippen molar-refractivity contribution in [1.82, 2.24) is 20.4 Å². The maximum absolute atomic E-state index is 13.8. The number of rotatable bonds is 5. The maximum atomic E-state index is 13.8. The number of allylic oxidation sites excluding steroid dienone is 2. The molecule has 1 aromatic carbocycles. The van der Waals surface area contributed by atoms with Gasteiger partial charge in [0, 0.05) is 51.9 Å². The molecule has 8 heteroatoms. The van der Waals surface area contributed by atoms with Crippen LogP contribution in [0.1, 0.15) is 69.8 Å². The third-order valence-electron chi connectivity index (χ3n) is 9.97. The summed E-state index contributed by atoms with van der Waals surface area (Å²) in [5.41, 5.74) is 0.463. The minimum atomic E-state index is -0.641. The molecule has 3 aliphatic heterocycles. The Morgan fingerprint density at radius 3 is 2.54 bits per heavy atom. The molecule has 3 fully saturated rings. The van der Waals surface area contributed by atoms with Gasteiger partial charge < -0.3 is 20.3 Å². The van der Waals surface area contributed by atoms with E-state index in [4.69, 9.17) is 4.74 Å². The van der Waals surface area contributed by atoms with Gasteiger partial charge in [-0.05, 0) is 56.4 Å². The van der Waals surface area contributed by atoms with Gasteiger partial charge in [-0.25, -0.2) is 0 Å². The molecule has 8 nitrogen and oxygen atoms in total. The zero-order chi connectivity index (χ0) is 28.7. The summed E-state index contributed by atoms with van der Waals surface area (Å²) >= 11 is 0. The molecule has 3 heterocycles. The summed E-state index contributed by atoms with van der Waals surface area (Å²) in [6, 6.07) is 9.63. The number of amides is 3. The first-order valence-corrected chi connectivity index (χ1v) is 15.8. The van der Waals surface area contributed by atoms with Crippen LogP contribution in [0.2, 0.25) is 0 Å². The highest BCUT2D eigenvalue weighted by Gasteiger charge is 2.41. The van der Waals surface area contributed by atoms with Crippen molar-refractivity contribution < 1.29 is 19.1 Å². The fraction of sp³-hybridized carbons (Fsp3) is 0.667. The third-order valence-corrected chi connectivity index (χ3v) is 9.97. The van der Waals surface area contributed by atoms with Crippen LogP contribution in [0, 0.1) is 11.3 Å². The highest BCUT2D eigenvalue weighted by Crippen LogP contribution is 2.36. The number of carbonyl (C=O) groups excluding carboxylic acids is 3. The number of likely N-dealkylation sites (tertiary alicyclic amines) is 1. The van der Waals surface area contributed by atoms with Crippen molar-refractivity contribution in [3.05, 3.63) is 48.0 Å². The highest BCUT2D eigenvalue weighted by molar-refractivity contribution is 5.90. The molecule has 4 aliphatic rings. The topological polar surface area (TPSA) is 91.0 Å². The number of likely N-dealkylation sites (N-methyl/N-ethyl adjacent to an activating group) is 1. The number of hydrogen-bond donors (Lipinski definition) is 2. The van der Waals surface area contributed by atoms with Crippen LogP contribution in [0.15, 0.2) is 42.5 Å². The van der Waals surface area contributed by atoms with Crippen LogP contribution in [-0.4, -0.2) is 85.5 Å². The summed E-state index contributed by atoms with van der Waals surface area (Å²) in [5.74, 6) is 0.240. The summed E-state index contributed by atoms with van der Waals surface area (Å²) < 4.78 is 5.61. The fourth-order valence-corrected chi connectivity index (χ4v) is 7.17. The Hall–Kier alpha value is -2.71. The van der Waals surface area contributed by atoms with E-state index in [1.165, 1.54) is 19.3 Å². The Bertz CT molecular complexity index is 1060. The molecule has 3 amide bonds. The first-order chi connectivity index (χ1) is 19.9. The van der Waals surface area contributed by atoms with Crippen molar-refractivity contribution >= 4 is 17.7 Å². The zero-order valence-corrected chi connectivity index (χ0v) is 24.7. The molecule has 1 spiro atoms. The number of nitrogens with zero attached hydrogens (tertiary/aromatic N) is 2. The SMILES string of the molecule is CN(C(=O)CN1CC[C@@H]2NC(=O)[C@H](Cc3ccccc3)NC(=O)C3(C/C=C/C[C@H]2C1)CCOCC3)C1CCCCC1. The van der Waals surface area contributed by atoms with E-state index in [1.54, 1.807) is 0 Å². The molecule has 5 rings (SSSR count). The second kappa shape index (κ2) is 14.0. The van der Waals surface area contributed by atoms with Crippen molar-refractivity contribution in [3.63, 3.8) is 0 Å². The molecular weight excluding hydrogens is 516 g/mol. The van der Waals surface area contributed by atoms with E-state index in [0.717, 1.165) is 44.3 Å². The molecule has 0 bridgehead atoms. The van der Waals surface area contributed by atoms with Crippen LogP contribution in [0.25, 0.3) is 0 Å². The van der Waals surface area contributed by atoms with Gasteiger partial charge >= 0.3 is 0 Å². The normalized spacial score (nSPS) is 28.9. The third kappa shape index (κ3) is 7.58. The van der Waals surface area contributed by atoms with Gasteiger partial charge in [0.15, 0.2) is 0 Å². The number of nitrogens with one attached hydrogen (secondary N) is 2. The maximum Gasteiger partial charge on any atom is 0.243 e. The van der Waals surface area contributed by atoms with Crippen molar-refractivity contribution in [2.24, 2.45) is 11.3 Å². The monoisotopic (exact) mass is 564 g/mol. The van der Waals surface area contributed by atoms with Crippen LogP contribution in [-0.2, 0) is 25.5 Å². The molecule has 224 valence electrons. The standard InChI is InChI=1S/C33H48N4O4/c1-36(27-13-6-3-7-14-27)30(38)24-37-19-15-28-26(23-37)12-8-9-16-33(17-20-41-21-18-33)32(40)35-29(31(39)34-28)22-25-10-4-2-5-11-25/h2,4-5,8-11,26-29H,3,6-7,12-24H2,1H3,(H,34,39)(H,35,40)/b9-8+/t26-,28-,29-/m0/s1. The molecule has 1 aromatic rings. The van der Waals surface area contributed by atoms with Crippen molar-refractivity contribution in [3.8, 4) is 0 Å². The highest BCUT2D eigenvalue weighted by atomic mass is 16.5. The quantitative estimate of drug-likeness (QED) is 0.535. The smallest absolute Gasteiger partial charge is 0.243 e. The molecular formula is C33H48N4O4. The van der Waals surface area contributed by atoms with Crippen LogP contribution in [0.3, 0.4) is 0 Å². The molecule has 3 atom stereocenters. The summed E-state index contributed by atoms with van der Waals surface area (Å²) in [6.45, 7) is 3.09. The van der Waals surface area contributed by atoms with Crippen LogP contribution in [0.5, 0.6) is 0 Å². The average molecular weight is 565 g/mol. The lowest BCUT2D eigenvalue weighted by molar-refractivity contribution is -0.140. The predicted molar refractivity (Wildman–Crippen MR) is 159 cm³/mol. The lowest BCUT2D eigenvalue weighted by Gasteiger charge is -2.41. The minimum Gasteiger partial charge on any atom is -0.381 e. The Kier molecular flexibility index (Phi) is 10.1. The number of ether oxygens (including phenoxy) is 1. The van der Waals surface area contributed by atoms with Gasteiger partial charge in [0.05, 0.1) is 12.0 Å². The Balaban J connectivity index is 1.31. The van der Waals surface area contributed by atoms with Crippen LogP contribution in [0.4, 0.5) is 0 Å². The molecule has 0 unspecified atom stereocenters. The Morgan fingerprint density at radius 1 is 1.02 bits per heavy atom. The van der Waals surface area contributed by atoms with E-state index < -0.39 is 11.5 Å². The number of benzene rings is 1. The molecule has 0 aromatic heterocycles. The summed E-state index contributed by atoms with van der Waals surface area (Å²) in [5, 5.41) is 6.50. The lowest BCUT2D eigenvalue weighted by Crippen LogP contribution is -2.58. The van der Waals surface area contributed by atoms with Crippen molar-refractivity contribution in [2.75, 3.05) is 39.9 Å². The molecule has 2 saturated heterocycles. The van der Waals surface area contributed by atoms with E-state index in [1.807, 2.05) is 42.3 Å². The predicted octanol–water partition coefficient (Wildman–Crippen LogP) is 3.46. The number of hydrogen-bond acceptors (Lipinski definition) is 5. The van der Waals surface area contributed by atoms with Crippen molar-refractivity contribution in [2.45, 2.75) is 88.8 Å². The number of fused-ring (bicyclic) bond motifs is 1. The van der Waals surface area contributed by atoms with Crippen LogP contribution >= 0.6 is 0 Å². The summed E-state index contributed by atoms with van der Waals surface area (Å²) in [7, 11) is 1.97. The van der Waals surface area contributed by atoms with E-state index in [9.17, 15) is 14.4 Å². The van der Waals surface area contributed by atoms with Gasteiger partial charge in [0.1, 0.15) is 6.04 Å². The van der Waals surface area contributed by atoms with E-state index in [-0.39, 0.29) is 29.7 Å². The Morgan fingerprint density at radius 2 is 1.78 bits per heavy atom. The zero-order valence-electron chi connectivity index (χ0n) is 24.7. The van der Waals surface area contributed by atoms with Gasteiger partial charge in [-0.1, -0.05) is 61.7 Å². The average Bonchev–Trinajstić information content (AvgIpc) is 3.00. The van der Waals surface area contributed by atoms with Gasteiger partial charge in [-0.3, -0.25) is 19.3 Å². The molecule has 1 saturated carbocycles. The summed E-state index contributed by atoms with van der Waals surface area (Å²) in [6.07, 6.45) is 14.3. The first-order valence-electron chi connectivity index (χ1n) is 15.8. The first kappa shape index (κ1) is 29.8. The lowest BCUT2D eigenvalue weighted by atomic mass is 9.75. The molecule has 2 N–H and O–H groups in total. The molecule has 41 heavy (non-hydrogen) atoms. The van der Waals surface area contributed by atoms with Gasteiger partial charge in [-0.15, -0.1) is 0 Å². The number of carbonyl (C=O) groups is 3.